The number of benzene rings is 1. The zero-order valence-electron chi connectivity index (χ0n) is 31.2. The maximum absolute atomic E-state index is 11.8. The Labute approximate surface area is 316 Å². The number of carbonyl (C=O) groups excluding carboxylic acids is 1. The Hall–Kier alpha value is -1.50. The average molecular weight is 769 g/mol. The van der Waals surface area contributed by atoms with Crippen molar-refractivity contribution in [2.24, 2.45) is 0 Å². The number of unbranched alkanes of at least 4 members (excludes halogenated alkanes) is 3. The smallest absolute Gasteiger partial charge is 0.338 e. The first-order valence-electron chi connectivity index (χ1n) is 18.6. The third kappa shape index (κ3) is 36.8. The monoisotopic (exact) mass is 768 g/mol. The summed E-state index contributed by atoms with van der Waals surface area (Å²) in [5, 5.41) is 0. The molecule has 0 spiro atoms. The largest absolute Gasteiger partial charge is 0.460 e. The molecule has 0 fully saturated rings. The second kappa shape index (κ2) is 42.2. The van der Waals surface area contributed by atoms with Gasteiger partial charge in [-0.05, 0) is 25.0 Å². The van der Waals surface area contributed by atoms with Gasteiger partial charge in [-0.25, -0.2) is 4.79 Å². The van der Waals surface area contributed by atoms with Crippen molar-refractivity contribution in [2.45, 2.75) is 25.7 Å². The summed E-state index contributed by atoms with van der Waals surface area (Å²) in [6.07, 6.45) is 4.48. The van der Waals surface area contributed by atoms with Crippen molar-refractivity contribution in [1.82, 2.24) is 0 Å². The second-order valence-corrected chi connectivity index (χ2v) is 11.3. The van der Waals surface area contributed by atoms with Crippen LogP contribution in [-0.2, 0) is 61.6 Å². The summed E-state index contributed by atoms with van der Waals surface area (Å²) in [5.41, 5.74) is 0.524. The van der Waals surface area contributed by atoms with Gasteiger partial charge in [-0.1, -0.05) is 31.0 Å². The van der Waals surface area contributed by atoms with E-state index in [1.54, 1.807) is 24.3 Å². The first-order chi connectivity index (χ1) is 25.8. The Morgan fingerprint density at radius 1 is 0.346 bits per heavy atom. The lowest BCUT2D eigenvalue weighted by Gasteiger charge is -2.09. The molecule has 0 unspecified atom stereocenters. The predicted octanol–water partition coefficient (Wildman–Crippen LogP) is 3.84. The maximum Gasteiger partial charge on any atom is 0.338 e. The van der Waals surface area contributed by atoms with E-state index in [2.05, 4.69) is 0 Å². The van der Waals surface area contributed by atoms with Gasteiger partial charge in [0.15, 0.2) is 0 Å². The fraction of sp³-hybridized carbons (Fsp3) is 0.811. The summed E-state index contributed by atoms with van der Waals surface area (Å²) in [7, 11) is 0. The second-order valence-electron chi connectivity index (χ2n) is 11.0. The van der Waals surface area contributed by atoms with E-state index in [0.29, 0.717) is 158 Å². The Bertz CT molecular complexity index is 842. The number of halogens is 1. The van der Waals surface area contributed by atoms with Crippen LogP contribution in [0.4, 0.5) is 0 Å². The number of ether oxygens (including phenoxy) is 13. The van der Waals surface area contributed by atoms with Crippen molar-refractivity contribution >= 4 is 17.6 Å². The first-order valence-corrected chi connectivity index (χ1v) is 19.1. The van der Waals surface area contributed by atoms with E-state index in [0.717, 1.165) is 31.7 Å². The number of alkyl halides is 1. The highest BCUT2D eigenvalue weighted by Gasteiger charge is 2.05. The van der Waals surface area contributed by atoms with E-state index in [1.165, 1.54) is 6.42 Å². The fourth-order valence-corrected chi connectivity index (χ4v) is 4.21. The van der Waals surface area contributed by atoms with Crippen LogP contribution in [0, 0.1) is 0 Å². The van der Waals surface area contributed by atoms with Gasteiger partial charge in [0.2, 0.25) is 0 Å². The van der Waals surface area contributed by atoms with Gasteiger partial charge in [0.1, 0.15) is 6.61 Å². The van der Waals surface area contributed by atoms with Crippen LogP contribution in [0.2, 0.25) is 0 Å². The highest BCUT2D eigenvalue weighted by Crippen LogP contribution is 2.02. The van der Waals surface area contributed by atoms with Crippen LogP contribution in [0.5, 0.6) is 0 Å². The topological polar surface area (TPSA) is 137 Å². The van der Waals surface area contributed by atoms with E-state index in [4.69, 9.17) is 73.2 Å². The molecule has 0 radical (unpaired) electrons. The molecule has 304 valence electrons. The highest BCUT2D eigenvalue weighted by atomic mass is 35.5. The summed E-state index contributed by atoms with van der Waals surface area (Å²) >= 11 is 5.66. The van der Waals surface area contributed by atoms with Crippen molar-refractivity contribution in [2.75, 3.05) is 171 Å². The Morgan fingerprint density at radius 3 is 0.923 bits per heavy atom. The highest BCUT2D eigenvalue weighted by molar-refractivity contribution is 6.17. The van der Waals surface area contributed by atoms with Gasteiger partial charge in [0.05, 0.1) is 158 Å². The number of rotatable bonds is 43. The zero-order valence-corrected chi connectivity index (χ0v) is 31.9. The fourth-order valence-electron chi connectivity index (χ4n) is 4.02. The molecule has 0 aliphatic rings. The van der Waals surface area contributed by atoms with E-state index < -0.39 is 0 Å². The normalized spacial score (nSPS) is 11.4. The molecule has 0 saturated carbocycles. The summed E-state index contributed by atoms with van der Waals surface area (Å²) in [5.74, 6) is 0.383. The van der Waals surface area contributed by atoms with Crippen molar-refractivity contribution in [3.05, 3.63) is 35.9 Å². The first kappa shape index (κ1) is 48.5. The van der Waals surface area contributed by atoms with Crippen molar-refractivity contribution in [1.29, 1.82) is 0 Å². The standard InChI is InChI=1S/C37H65ClO14/c38-10-6-1-2-7-11-40-12-13-41-14-15-42-16-17-43-18-19-44-20-21-45-22-23-46-24-25-47-26-27-48-28-29-49-30-31-50-32-33-51-34-35-52-37(39)36-8-4-3-5-9-36/h3-5,8-9H,1-2,6-7,10-35H2. The Kier molecular flexibility index (Phi) is 39.4. The molecule has 15 heteroatoms. The quantitative estimate of drug-likeness (QED) is 0.0541. The maximum atomic E-state index is 11.8. The van der Waals surface area contributed by atoms with Gasteiger partial charge in [-0.15, -0.1) is 11.6 Å². The molecular weight excluding hydrogens is 704 g/mol. The van der Waals surface area contributed by atoms with Crippen LogP contribution in [-0.4, -0.2) is 177 Å². The zero-order chi connectivity index (χ0) is 37.1. The SMILES string of the molecule is O=C(OCCOCCOCCOCCOCCOCCOCCOCCOCCOCCOCCOCCOCCCCCCCl)c1ccccc1. The van der Waals surface area contributed by atoms with E-state index in [-0.39, 0.29) is 12.6 Å². The summed E-state index contributed by atoms with van der Waals surface area (Å²) < 4.78 is 70.9. The van der Waals surface area contributed by atoms with Gasteiger partial charge >= 0.3 is 5.97 Å². The van der Waals surface area contributed by atoms with Crippen LogP contribution >= 0.6 is 11.6 Å². The lowest BCUT2D eigenvalue weighted by molar-refractivity contribution is -0.0288. The molecule has 1 aromatic rings. The molecule has 14 nitrogen and oxygen atoms in total. The number of hydrogen-bond acceptors (Lipinski definition) is 14. The number of carbonyl (C=O) groups is 1. The minimum absolute atomic E-state index is 0.200. The van der Waals surface area contributed by atoms with Crippen molar-refractivity contribution in [3.8, 4) is 0 Å². The molecular formula is C37H65ClO14. The van der Waals surface area contributed by atoms with Crippen LogP contribution in [0.15, 0.2) is 30.3 Å². The molecule has 0 aliphatic heterocycles. The molecule has 0 atom stereocenters. The van der Waals surface area contributed by atoms with E-state index in [9.17, 15) is 4.79 Å². The molecule has 1 rings (SSSR count). The van der Waals surface area contributed by atoms with Crippen molar-refractivity contribution in [3.63, 3.8) is 0 Å². The molecule has 52 heavy (non-hydrogen) atoms. The van der Waals surface area contributed by atoms with E-state index >= 15 is 0 Å². The van der Waals surface area contributed by atoms with Crippen LogP contribution in [0.3, 0.4) is 0 Å². The summed E-state index contributed by atoms with van der Waals surface area (Å²) in [6, 6.07) is 8.85. The lowest BCUT2D eigenvalue weighted by Crippen LogP contribution is -2.15. The predicted molar refractivity (Wildman–Crippen MR) is 196 cm³/mol. The van der Waals surface area contributed by atoms with Gasteiger partial charge in [-0.3, -0.25) is 0 Å². The molecule has 0 heterocycles. The lowest BCUT2D eigenvalue weighted by atomic mass is 10.2. The van der Waals surface area contributed by atoms with Gasteiger partial charge < -0.3 is 61.6 Å². The molecule has 1 aromatic carbocycles. The summed E-state index contributed by atoms with van der Waals surface area (Å²) in [4.78, 5) is 11.8. The molecule has 0 bridgehead atoms. The molecule has 0 aliphatic carbocycles. The van der Waals surface area contributed by atoms with E-state index in [1.807, 2.05) is 6.07 Å². The molecule has 0 amide bonds. The molecule has 0 N–H and O–H groups in total. The minimum atomic E-state index is -0.357. The van der Waals surface area contributed by atoms with Gasteiger partial charge in [0, 0.05) is 12.5 Å². The van der Waals surface area contributed by atoms with Crippen molar-refractivity contribution < 1.29 is 66.4 Å². The van der Waals surface area contributed by atoms with Gasteiger partial charge in [-0.2, -0.15) is 0 Å². The van der Waals surface area contributed by atoms with Crippen LogP contribution in [0.1, 0.15) is 36.0 Å². The molecule has 0 saturated heterocycles. The third-order valence-electron chi connectivity index (χ3n) is 6.73. The number of hydrogen-bond donors (Lipinski definition) is 0. The Balaban J connectivity index is 1.62. The molecule has 0 aromatic heterocycles. The third-order valence-corrected chi connectivity index (χ3v) is 7.00. The summed E-state index contributed by atoms with van der Waals surface area (Å²) in [6.45, 7) is 12.4. The average Bonchev–Trinajstić information content (AvgIpc) is 3.17. The van der Waals surface area contributed by atoms with Gasteiger partial charge in [0.25, 0.3) is 0 Å². The van der Waals surface area contributed by atoms with Crippen LogP contribution in [0.25, 0.3) is 0 Å². The Morgan fingerprint density at radius 2 is 0.615 bits per heavy atom. The van der Waals surface area contributed by atoms with Crippen LogP contribution < -0.4 is 0 Å². The number of esters is 1. The minimum Gasteiger partial charge on any atom is -0.460 e.